The van der Waals surface area contributed by atoms with E-state index in [1.54, 1.807) is 0 Å². The molecular formula is H12BaCaO8Si2. The van der Waals surface area contributed by atoms with Crippen LogP contribution < -0.4 is 0 Å². The molecule has 8 nitrogen and oxygen atoms in total. The summed E-state index contributed by atoms with van der Waals surface area (Å²) in [4.78, 5) is 58.6. The molecule has 72 valence electrons. The summed E-state index contributed by atoms with van der Waals surface area (Å²) in [6.45, 7) is 0. The predicted molar refractivity (Wildman–Crippen MR) is 46.3 cm³/mol. The van der Waals surface area contributed by atoms with Crippen LogP contribution in [0.1, 0.15) is 0 Å². The Labute approximate surface area is 140 Å². The van der Waals surface area contributed by atoms with Gasteiger partial charge >= 0.3 is 105 Å². The van der Waals surface area contributed by atoms with E-state index in [1.807, 2.05) is 0 Å². The zero-order valence-corrected chi connectivity index (χ0v) is 6.58. The molecule has 0 unspecified atom stereocenters. The summed E-state index contributed by atoms with van der Waals surface area (Å²) in [5.74, 6) is 0. The van der Waals surface area contributed by atoms with Crippen LogP contribution in [-0.4, -0.2) is 143 Å². The molecular weight excluding hydrogens is 362 g/mol. The molecule has 0 rings (SSSR count). The first-order valence-electron chi connectivity index (χ1n) is 1.79. The Morgan fingerprint density at radius 1 is 0.500 bits per heavy atom. The Morgan fingerprint density at radius 3 is 0.500 bits per heavy atom. The second-order valence-electron chi connectivity index (χ2n) is 1.20. The summed E-state index contributed by atoms with van der Waals surface area (Å²) in [6.07, 6.45) is 0. The van der Waals surface area contributed by atoms with Gasteiger partial charge in [-0.25, -0.2) is 0 Å². The molecule has 0 bridgehead atoms. The third kappa shape index (κ3) is 213. The van der Waals surface area contributed by atoms with Gasteiger partial charge in [0.05, 0.1) is 0 Å². The van der Waals surface area contributed by atoms with E-state index >= 15 is 0 Å². The first-order valence-corrected chi connectivity index (χ1v) is 5.37. The fourth-order valence-electron chi connectivity index (χ4n) is 0. The van der Waals surface area contributed by atoms with E-state index < -0.39 is 18.1 Å². The standard InChI is InChI=1S/Ba.Ca.2H4O4Si.4H/c;;2*1-5(2,3)4;;;;/h;;2*1-4H;;;;. The molecule has 12 heteroatoms. The molecule has 0 aliphatic carbocycles. The van der Waals surface area contributed by atoms with Gasteiger partial charge in [0.25, 0.3) is 0 Å². The number of rotatable bonds is 0. The molecule has 0 atom stereocenters. The van der Waals surface area contributed by atoms with Crippen LogP contribution in [0.2, 0.25) is 0 Å². The second-order valence-corrected chi connectivity index (χ2v) is 3.60. The molecule has 0 aromatic rings. The molecule has 0 aromatic carbocycles. The van der Waals surface area contributed by atoms with Crippen LogP contribution in [0.4, 0.5) is 0 Å². The molecule has 0 aliphatic rings. The van der Waals surface area contributed by atoms with Crippen LogP contribution in [0.25, 0.3) is 0 Å². The third-order valence-electron chi connectivity index (χ3n) is 0. The van der Waals surface area contributed by atoms with Crippen molar-refractivity contribution >= 4 is 105 Å². The molecule has 0 amide bonds. The van der Waals surface area contributed by atoms with E-state index in [1.165, 1.54) is 0 Å². The van der Waals surface area contributed by atoms with Crippen LogP contribution in [0, 0.1) is 0 Å². The minimum atomic E-state index is -4.61. The Hall–Kier alpha value is 2.94. The van der Waals surface area contributed by atoms with Gasteiger partial charge < -0.3 is 38.4 Å². The summed E-state index contributed by atoms with van der Waals surface area (Å²) < 4.78 is 0. The average Bonchev–Trinajstić information content (AvgIpc) is 1.12. The van der Waals surface area contributed by atoms with Crippen molar-refractivity contribution in [3.63, 3.8) is 0 Å². The van der Waals surface area contributed by atoms with Crippen molar-refractivity contribution < 1.29 is 38.4 Å². The fraction of sp³-hybridized carbons (Fsp3) is 0. The van der Waals surface area contributed by atoms with E-state index in [-0.39, 0.29) is 86.6 Å². The second kappa shape index (κ2) is 10.5. The van der Waals surface area contributed by atoms with Gasteiger partial charge in [0.2, 0.25) is 0 Å². The van der Waals surface area contributed by atoms with Gasteiger partial charge in [0.15, 0.2) is 0 Å². The van der Waals surface area contributed by atoms with Crippen molar-refractivity contribution in [1.29, 1.82) is 0 Å². The van der Waals surface area contributed by atoms with Crippen molar-refractivity contribution in [2.24, 2.45) is 0 Å². The Balaban J connectivity index is -0.0000000457. The van der Waals surface area contributed by atoms with Crippen LogP contribution in [0.3, 0.4) is 0 Å². The number of hydrogen-bond donors (Lipinski definition) is 8. The van der Waals surface area contributed by atoms with E-state index in [0.717, 1.165) is 0 Å². The van der Waals surface area contributed by atoms with E-state index in [9.17, 15) is 0 Å². The molecule has 8 N–H and O–H groups in total. The maximum atomic E-state index is 7.33. The summed E-state index contributed by atoms with van der Waals surface area (Å²) in [5.41, 5.74) is 0. The van der Waals surface area contributed by atoms with E-state index in [0.29, 0.717) is 0 Å². The van der Waals surface area contributed by atoms with Gasteiger partial charge in [-0.3, -0.25) is 0 Å². The van der Waals surface area contributed by atoms with Gasteiger partial charge in [-0.2, -0.15) is 0 Å². The predicted octanol–water partition coefficient (Wildman–Crippen LogP) is -7.05. The molecule has 0 heterocycles. The van der Waals surface area contributed by atoms with Crippen molar-refractivity contribution in [2.75, 3.05) is 0 Å². The van der Waals surface area contributed by atoms with Gasteiger partial charge in [0, 0.05) is 0 Å². The Bertz CT molecular complexity index is 60.0. The normalized spacial score (nSPS) is 10.0. The molecule has 0 radical (unpaired) electrons. The summed E-state index contributed by atoms with van der Waals surface area (Å²) in [5, 5.41) is 0. The first kappa shape index (κ1) is 24.3. The van der Waals surface area contributed by atoms with Crippen molar-refractivity contribution in [3.05, 3.63) is 0 Å². The summed E-state index contributed by atoms with van der Waals surface area (Å²) in [7, 11) is -9.22. The zero-order valence-electron chi connectivity index (χ0n) is 4.58. The maximum absolute atomic E-state index is 7.33. The van der Waals surface area contributed by atoms with Gasteiger partial charge in [-0.15, -0.1) is 0 Å². The first-order chi connectivity index (χ1) is 4.00. The Morgan fingerprint density at radius 2 is 0.500 bits per heavy atom. The average molecular weight is 374 g/mol. The Kier molecular flexibility index (Phi) is 21.2. The molecule has 0 saturated heterocycles. The molecule has 0 spiro atoms. The zero-order chi connectivity index (χ0) is 9.00. The van der Waals surface area contributed by atoms with Crippen molar-refractivity contribution in [3.8, 4) is 0 Å². The van der Waals surface area contributed by atoms with Gasteiger partial charge in [-0.1, -0.05) is 0 Å². The topological polar surface area (TPSA) is 162 Å². The van der Waals surface area contributed by atoms with Crippen molar-refractivity contribution in [2.45, 2.75) is 0 Å². The van der Waals surface area contributed by atoms with Crippen LogP contribution in [0.5, 0.6) is 0 Å². The van der Waals surface area contributed by atoms with E-state index in [4.69, 9.17) is 38.4 Å². The molecule has 0 aromatic heterocycles. The van der Waals surface area contributed by atoms with Gasteiger partial charge in [-0.05, 0) is 0 Å². The SMILES string of the molecule is O[Si](O)(O)O.O[Si](O)(O)O.[BaH2].[CaH2]. The minimum absolute atomic E-state index is 0. The van der Waals surface area contributed by atoms with Crippen LogP contribution >= 0.6 is 0 Å². The number of hydrogen-bond acceptors (Lipinski definition) is 8. The summed E-state index contributed by atoms with van der Waals surface area (Å²) in [6, 6.07) is 0. The van der Waals surface area contributed by atoms with Crippen molar-refractivity contribution in [1.82, 2.24) is 0 Å². The third-order valence-corrected chi connectivity index (χ3v) is 0. The summed E-state index contributed by atoms with van der Waals surface area (Å²) >= 11 is 0. The monoisotopic (exact) mass is 374 g/mol. The molecule has 0 aliphatic heterocycles. The molecule has 12 heavy (non-hydrogen) atoms. The molecule has 0 saturated carbocycles. The quantitative estimate of drug-likeness (QED) is 0.194. The fourth-order valence-corrected chi connectivity index (χ4v) is 0. The van der Waals surface area contributed by atoms with Crippen LogP contribution in [-0.2, 0) is 0 Å². The van der Waals surface area contributed by atoms with E-state index in [2.05, 4.69) is 0 Å². The van der Waals surface area contributed by atoms with Crippen LogP contribution in [0.15, 0.2) is 0 Å². The molecule has 0 fully saturated rings. The van der Waals surface area contributed by atoms with Gasteiger partial charge in [0.1, 0.15) is 0 Å².